The van der Waals surface area contributed by atoms with Gasteiger partial charge >= 0.3 is 5.97 Å². The van der Waals surface area contributed by atoms with Crippen molar-refractivity contribution >= 4 is 23.6 Å². The highest BCUT2D eigenvalue weighted by molar-refractivity contribution is 8.00. The van der Waals surface area contributed by atoms with Crippen LogP contribution in [0.5, 0.6) is 0 Å². The van der Waals surface area contributed by atoms with Crippen molar-refractivity contribution in [1.82, 2.24) is 5.32 Å². The highest BCUT2D eigenvalue weighted by Crippen LogP contribution is 2.16. The summed E-state index contributed by atoms with van der Waals surface area (Å²) < 4.78 is 0. The standard InChI is InChI=1S/C13H17NO3S/c1-2-10(13(16)17)8-14-12(15)9-18-11-6-4-3-5-7-11/h3-7,10H,2,8-9H2,1H3,(H,14,15)(H,16,17). The molecule has 0 spiro atoms. The number of carboxylic acids is 1. The largest absolute Gasteiger partial charge is 0.481 e. The summed E-state index contributed by atoms with van der Waals surface area (Å²) in [5.74, 6) is -1.20. The number of aliphatic carboxylic acids is 1. The number of amides is 1. The van der Waals surface area contributed by atoms with E-state index in [0.29, 0.717) is 12.2 Å². The summed E-state index contributed by atoms with van der Waals surface area (Å²) in [6.07, 6.45) is 0.515. The summed E-state index contributed by atoms with van der Waals surface area (Å²) in [7, 11) is 0. The third-order valence-corrected chi connectivity index (χ3v) is 3.51. The van der Waals surface area contributed by atoms with Gasteiger partial charge in [0, 0.05) is 11.4 Å². The van der Waals surface area contributed by atoms with E-state index in [1.54, 1.807) is 6.92 Å². The van der Waals surface area contributed by atoms with Gasteiger partial charge in [0.15, 0.2) is 0 Å². The molecular formula is C13H17NO3S. The fourth-order valence-electron chi connectivity index (χ4n) is 1.36. The molecule has 0 heterocycles. The quantitative estimate of drug-likeness (QED) is 0.742. The average molecular weight is 267 g/mol. The van der Waals surface area contributed by atoms with Crippen molar-refractivity contribution in [1.29, 1.82) is 0 Å². The highest BCUT2D eigenvalue weighted by atomic mass is 32.2. The summed E-state index contributed by atoms with van der Waals surface area (Å²) in [6, 6.07) is 9.62. The summed E-state index contributed by atoms with van der Waals surface area (Å²) in [4.78, 5) is 23.3. The molecule has 1 rings (SSSR count). The maximum atomic E-state index is 11.5. The second-order valence-electron chi connectivity index (χ2n) is 3.85. The Morgan fingerprint density at radius 1 is 1.33 bits per heavy atom. The third-order valence-electron chi connectivity index (χ3n) is 2.50. The molecule has 0 saturated heterocycles. The Bertz CT molecular complexity index is 394. The summed E-state index contributed by atoms with van der Waals surface area (Å²) in [5, 5.41) is 11.5. The molecule has 1 aromatic rings. The number of carbonyl (C=O) groups excluding carboxylic acids is 1. The van der Waals surface area contributed by atoms with Gasteiger partial charge in [-0.2, -0.15) is 0 Å². The first kappa shape index (κ1) is 14.6. The lowest BCUT2D eigenvalue weighted by molar-refractivity contribution is -0.141. The van der Waals surface area contributed by atoms with E-state index in [4.69, 9.17) is 5.11 Å². The fraction of sp³-hybridized carbons (Fsp3) is 0.385. The van der Waals surface area contributed by atoms with E-state index in [-0.39, 0.29) is 12.5 Å². The molecule has 18 heavy (non-hydrogen) atoms. The molecular weight excluding hydrogens is 250 g/mol. The molecule has 0 aliphatic carbocycles. The second-order valence-corrected chi connectivity index (χ2v) is 4.90. The van der Waals surface area contributed by atoms with E-state index in [2.05, 4.69) is 5.32 Å². The summed E-state index contributed by atoms with van der Waals surface area (Å²) >= 11 is 1.44. The molecule has 0 fully saturated rings. The van der Waals surface area contributed by atoms with Gasteiger partial charge in [0.2, 0.25) is 5.91 Å². The van der Waals surface area contributed by atoms with Gasteiger partial charge in [0.25, 0.3) is 0 Å². The number of nitrogens with one attached hydrogen (secondary N) is 1. The Morgan fingerprint density at radius 2 is 2.00 bits per heavy atom. The lowest BCUT2D eigenvalue weighted by atomic mass is 10.1. The van der Waals surface area contributed by atoms with E-state index in [0.717, 1.165) is 4.90 Å². The number of carbonyl (C=O) groups is 2. The Kier molecular flexibility index (Phi) is 6.28. The van der Waals surface area contributed by atoms with Crippen molar-refractivity contribution in [2.75, 3.05) is 12.3 Å². The Morgan fingerprint density at radius 3 is 2.56 bits per heavy atom. The Labute approximate surface area is 111 Å². The van der Waals surface area contributed by atoms with Gasteiger partial charge in [-0.3, -0.25) is 9.59 Å². The molecule has 1 amide bonds. The molecule has 5 heteroatoms. The van der Waals surface area contributed by atoms with Crippen LogP contribution in [0.4, 0.5) is 0 Å². The zero-order valence-corrected chi connectivity index (χ0v) is 11.1. The van der Waals surface area contributed by atoms with E-state index in [1.165, 1.54) is 11.8 Å². The molecule has 0 bridgehead atoms. The van der Waals surface area contributed by atoms with Crippen molar-refractivity contribution in [3.8, 4) is 0 Å². The van der Waals surface area contributed by atoms with E-state index in [1.807, 2.05) is 30.3 Å². The number of hydrogen-bond donors (Lipinski definition) is 2. The van der Waals surface area contributed by atoms with E-state index >= 15 is 0 Å². The lowest BCUT2D eigenvalue weighted by Gasteiger charge is -2.10. The van der Waals surface area contributed by atoms with Gasteiger partial charge in [0.1, 0.15) is 0 Å². The minimum atomic E-state index is -0.867. The van der Waals surface area contributed by atoms with Crippen molar-refractivity contribution in [2.45, 2.75) is 18.2 Å². The van der Waals surface area contributed by atoms with Gasteiger partial charge in [-0.15, -0.1) is 11.8 Å². The predicted octanol–water partition coefficient (Wildman–Crippen LogP) is 2.01. The molecule has 0 aliphatic rings. The van der Waals surface area contributed by atoms with Crippen LogP contribution in [0.15, 0.2) is 35.2 Å². The Hall–Kier alpha value is -1.49. The SMILES string of the molecule is CCC(CNC(=O)CSc1ccccc1)C(=O)O. The normalized spacial score (nSPS) is 11.8. The fourth-order valence-corrected chi connectivity index (χ4v) is 2.11. The smallest absolute Gasteiger partial charge is 0.308 e. The van der Waals surface area contributed by atoms with E-state index in [9.17, 15) is 9.59 Å². The Balaban J connectivity index is 2.28. The summed E-state index contributed by atoms with van der Waals surface area (Å²) in [5.41, 5.74) is 0. The van der Waals surface area contributed by atoms with Crippen LogP contribution in [0.1, 0.15) is 13.3 Å². The molecule has 1 aromatic carbocycles. The molecule has 4 nitrogen and oxygen atoms in total. The van der Waals surface area contributed by atoms with Crippen LogP contribution in [0.2, 0.25) is 0 Å². The molecule has 98 valence electrons. The average Bonchev–Trinajstić information content (AvgIpc) is 2.38. The monoisotopic (exact) mass is 267 g/mol. The molecule has 1 unspecified atom stereocenters. The van der Waals surface area contributed by atoms with Gasteiger partial charge in [-0.1, -0.05) is 25.1 Å². The second kappa shape index (κ2) is 7.76. The zero-order chi connectivity index (χ0) is 13.4. The molecule has 0 saturated carbocycles. The van der Waals surface area contributed by atoms with Crippen molar-refractivity contribution < 1.29 is 14.7 Å². The van der Waals surface area contributed by atoms with Crippen LogP contribution in [-0.4, -0.2) is 29.3 Å². The topological polar surface area (TPSA) is 66.4 Å². The van der Waals surface area contributed by atoms with Crippen molar-refractivity contribution in [3.05, 3.63) is 30.3 Å². The lowest BCUT2D eigenvalue weighted by Crippen LogP contribution is -2.33. The first-order valence-electron chi connectivity index (χ1n) is 5.80. The van der Waals surface area contributed by atoms with E-state index < -0.39 is 11.9 Å². The third kappa shape index (κ3) is 5.23. The number of carboxylic acid groups (broad SMARTS) is 1. The molecule has 0 radical (unpaired) electrons. The number of rotatable bonds is 7. The van der Waals surface area contributed by atoms with Gasteiger partial charge < -0.3 is 10.4 Å². The number of thioether (sulfide) groups is 1. The predicted molar refractivity (Wildman–Crippen MR) is 71.6 cm³/mol. The van der Waals surface area contributed by atoms with Crippen LogP contribution < -0.4 is 5.32 Å². The number of benzene rings is 1. The van der Waals surface area contributed by atoms with Gasteiger partial charge in [-0.05, 0) is 18.6 Å². The highest BCUT2D eigenvalue weighted by Gasteiger charge is 2.15. The molecule has 2 N–H and O–H groups in total. The first-order chi connectivity index (χ1) is 8.63. The van der Waals surface area contributed by atoms with Crippen LogP contribution in [0, 0.1) is 5.92 Å². The molecule has 0 aliphatic heterocycles. The minimum absolute atomic E-state index is 0.136. The zero-order valence-electron chi connectivity index (χ0n) is 10.3. The van der Waals surface area contributed by atoms with Crippen molar-refractivity contribution in [2.24, 2.45) is 5.92 Å². The summed E-state index contributed by atoms with van der Waals surface area (Å²) in [6.45, 7) is 1.99. The van der Waals surface area contributed by atoms with Gasteiger partial charge in [-0.25, -0.2) is 0 Å². The molecule has 1 atom stereocenters. The van der Waals surface area contributed by atoms with Gasteiger partial charge in [0.05, 0.1) is 11.7 Å². The maximum absolute atomic E-state index is 11.5. The first-order valence-corrected chi connectivity index (χ1v) is 6.79. The maximum Gasteiger partial charge on any atom is 0.308 e. The molecule has 0 aromatic heterocycles. The van der Waals surface area contributed by atoms with Crippen LogP contribution in [-0.2, 0) is 9.59 Å². The van der Waals surface area contributed by atoms with Crippen LogP contribution in [0.3, 0.4) is 0 Å². The van der Waals surface area contributed by atoms with Crippen LogP contribution >= 0.6 is 11.8 Å². The van der Waals surface area contributed by atoms with Crippen LogP contribution in [0.25, 0.3) is 0 Å². The number of hydrogen-bond acceptors (Lipinski definition) is 3. The minimum Gasteiger partial charge on any atom is -0.481 e. The van der Waals surface area contributed by atoms with Crippen molar-refractivity contribution in [3.63, 3.8) is 0 Å².